The van der Waals surface area contributed by atoms with Crippen molar-refractivity contribution in [2.75, 3.05) is 7.11 Å². The SMILES string of the molecule is C=C/C(C)=C\C[C@@H]1C(=C)CC[C@H]2[C@@]1(C)C[C@@H](O)C[C@]2(C)C(=O)OC. The Labute approximate surface area is 146 Å². The molecule has 0 heterocycles. The Hall–Kier alpha value is -1.35. The van der Waals surface area contributed by atoms with Gasteiger partial charge in [0.2, 0.25) is 0 Å². The van der Waals surface area contributed by atoms with Crippen LogP contribution in [0.1, 0.15) is 52.9 Å². The summed E-state index contributed by atoms with van der Waals surface area (Å²) in [4.78, 5) is 12.6. The standard InChI is InChI=1S/C21H32O3/c1-7-14(2)8-10-17-15(3)9-11-18-20(17,4)12-16(22)13-21(18,5)19(23)24-6/h7-8,16-18,22H,1,3,9-13H2,2,4-6H3/b14-8-/t16-,17-,18+,20+,21+/m1/s1. The first-order chi connectivity index (χ1) is 11.2. The van der Waals surface area contributed by atoms with Crippen LogP contribution in [0.5, 0.6) is 0 Å². The molecule has 0 aliphatic heterocycles. The van der Waals surface area contributed by atoms with Crippen LogP contribution in [0.4, 0.5) is 0 Å². The summed E-state index contributed by atoms with van der Waals surface area (Å²) in [5, 5.41) is 10.6. The molecule has 0 saturated heterocycles. The van der Waals surface area contributed by atoms with E-state index in [9.17, 15) is 9.90 Å². The van der Waals surface area contributed by atoms with Crippen LogP contribution in [0, 0.1) is 22.7 Å². The fourth-order valence-electron chi connectivity index (χ4n) is 5.37. The Morgan fingerprint density at radius 2 is 2.08 bits per heavy atom. The first-order valence-electron chi connectivity index (χ1n) is 8.92. The number of rotatable bonds is 4. The van der Waals surface area contributed by atoms with Crippen molar-refractivity contribution in [1.82, 2.24) is 0 Å². The van der Waals surface area contributed by atoms with Crippen molar-refractivity contribution in [3.8, 4) is 0 Å². The molecule has 2 fully saturated rings. The predicted octanol–water partition coefficient (Wildman–Crippen LogP) is 4.43. The minimum Gasteiger partial charge on any atom is -0.469 e. The number of fused-ring (bicyclic) bond motifs is 1. The fourth-order valence-corrected chi connectivity index (χ4v) is 5.37. The molecule has 24 heavy (non-hydrogen) atoms. The average molecular weight is 332 g/mol. The lowest BCUT2D eigenvalue weighted by molar-refractivity contribution is -0.176. The molecule has 0 bridgehead atoms. The molecule has 2 aliphatic carbocycles. The summed E-state index contributed by atoms with van der Waals surface area (Å²) in [7, 11) is 1.45. The van der Waals surface area contributed by atoms with E-state index in [4.69, 9.17) is 4.74 Å². The first kappa shape index (κ1) is 19.0. The maximum Gasteiger partial charge on any atom is 0.311 e. The third kappa shape index (κ3) is 3.11. The summed E-state index contributed by atoms with van der Waals surface area (Å²) in [5.74, 6) is 0.278. The van der Waals surface area contributed by atoms with Gasteiger partial charge in [0.15, 0.2) is 0 Å². The van der Waals surface area contributed by atoms with Crippen LogP contribution in [-0.4, -0.2) is 24.3 Å². The highest BCUT2D eigenvalue weighted by Gasteiger charge is 2.59. The number of aliphatic hydroxyl groups is 1. The van der Waals surface area contributed by atoms with Crippen LogP contribution in [0.25, 0.3) is 0 Å². The highest BCUT2D eigenvalue weighted by molar-refractivity contribution is 5.77. The molecule has 0 unspecified atom stereocenters. The van der Waals surface area contributed by atoms with E-state index in [1.54, 1.807) is 0 Å². The summed E-state index contributed by atoms with van der Waals surface area (Å²) in [6, 6.07) is 0. The van der Waals surface area contributed by atoms with Crippen LogP contribution in [-0.2, 0) is 9.53 Å². The number of methoxy groups -OCH3 is 1. The maximum absolute atomic E-state index is 12.6. The van der Waals surface area contributed by atoms with Crippen LogP contribution < -0.4 is 0 Å². The van der Waals surface area contributed by atoms with Crippen molar-refractivity contribution < 1.29 is 14.6 Å². The molecule has 2 aliphatic rings. The van der Waals surface area contributed by atoms with Gasteiger partial charge in [-0.3, -0.25) is 4.79 Å². The first-order valence-corrected chi connectivity index (χ1v) is 8.92. The van der Waals surface area contributed by atoms with Gasteiger partial charge < -0.3 is 9.84 Å². The Balaban J connectivity index is 2.43. The predicted molar refractivity (Wildman–Crippen MR) is 97.4 cm³/mol. The molecular formula is C21H32O3. The Morgan fingerprint density at radius 1 is 1.42 bits per heavy atom. The lowest BCUT2D eigenvalue weighted by Crippen LogP contribution is -2.56. The molecule has 134 valence electrons. The van der Waals surface area contributed by atoms with E-state index in [1.165, 1.54) is 12.7 Å². The number of carbonyl (C=O) groups is 1. The van der Waals surface area contributed by atoms with Crippen LogP contribution in [0.15, 0.2) is 36.5 Å². The van der Waals surface area contributed by atoms with Gasteiger partial charge in [0, 0.05) is 0 Å². The number of hydrogen-bond donors (Lipinski definition) is 1. The number of hydrogen-bond acceptors (Lipinski definition) is 3. The van der Waals surface area contributed by atoms with E-state index in [0.29, 0.717) is 6.42 Å². The molecule has 1 N–H and O–H groups in total. The second-order valence-electron chi connectivity index (χ2n) is 8.17. The molecular weight excluding hydrogens is 300 g/mol. The molecule has 5 atom stereocenters. The molecule has 0 amide bonds. The van der Waals surface area contributed by atoms with Gasteiger partial charge in [-0.1, -0.05) is 43.4 Å². The molecule has 0 aromatic heterocycles. The second kappa shape index (κ2) is 6.87. The van der Waals surface area contributed by atoms with Gasteiger partial charge in [0.25, 0.3) is 0 Å². The quantitative estimate of drug-likeness (QED) is 0.470. The maximum atomic E-state index is 12.6. The van der Waals surface area contributed by atoms with Gasteiger partial charge in [0.05, 0.1) is 18.6 Å². The van der Waals surface area contributed by atoms with Gasteiger partial charge in [-0.2, -0.15) is 0 Å². The lowest BCUT2D eigenvalue weighted by atomic mass is 9.46. The molecule has 0 radical (unpaired) electrons. The van der Waals surface area contributed by atoms with Gasteiger partial charge in [-0.15, -0.1) is 0 Å². The lowest BCUT2D eigenvalue weighted by Gasteiger charge is -2.58. The number of allylic oxidation sites excluding steroid dienone is 4. The zero-order chi connectivity index (χ0) is 18.1. The van der Waals surface area contributed by atoms with Crippen LogP contribution in [0.3, 0.4) is 0 Å². The molecule has 3 nitrogen and oxygen atoms in total. The normalized spacial score (nSPS) is 40.0. The summed E-state index contributed by atoms with van der Waals surface area (Å²) >= 11 is 0. The van der Waals surface area contributed by atoms with E-state index in [0.717, 1.165) is 31.3 Å². The van der Waals surface area contributed by atoms with E-state index in [1.807, 2.05) is 19.9 Å². The molecule has 2 saturated carbocycles. The number of esters is 1. The number of ether oxygens (including phenoxy) is 1. The molecule has 0 spiro atoms. The third-order valence-electron chi connectivity index (χ3n) is 6.59. The Kier molecular flexibility index (Phi) is 5.44. The smallest absolute Gasteiger partial charge is 0.311 e. The largest absolute Gasteiger partial charge is 0.469 e. The molecule has 0 aromatic carbocycles. The van der Waals surface area contributed by atoms with Crippen molar-refractivity contribution in [3.05, 3.63) is 36.5 Å². The average Bonchev–Trinajstić information content (AvgIpc) is 2.51. The number of carbonyl (C=O) groups excluding carboxylic acids is 1. The minimum absolute atomic E-state index is 0.145. The second-order valence-corrected chi connectivity index (χ2v) is 8.17. The zero-order valence-corrected chi connectivity index (χ0v) is 15.6. The molecule has 0 aromatic rings. The van der Waals surface area contributed by atoms with Gasteiger partial charge in [0.1, 0.15) is 0 Å². The highest BCUT2D eigenvalue weighted by atomic mass is 16.5. The van der Waals surface area contributed by atoms with Crippen molar-refractivity contribution in [2.24, 2.45) is 22.7 Å². The summed E-state index contributed by atoms with van der Waals surface area (Å²) < 4.78 is 5.12. The minimum atomic E-state index is -0.628. The topological polar surface area (TPSA) is 46.5 Å². The van der Waals surface area contributed by atoms with E-state index in [2.05, 4.69) is 26.2 Å². The van der Waals surface area contributed by atoms with Crippen molar-refractivity contribution >= 4 is 5.97 Å². The van der Waals surface area contributed by atoms with Gasteiger partial charge in [-0.25, -0.2) is 0 Å². The van der Waals surface area contributed by atoms with E-state index < -0.39 is 11.5 Å². The van der Waals surface area contributed by atoms with Crippen molar-refractivity contribution in [3.63, 3.8) is 0 Å². The molecule has 3 heteroatoms. The fraction of sp³-hybridized carbons (Fsp3) is 0.667. The monoisotopic (exact) mass is 332 g/mol. The summed E-state index contributed by atoms with van der Waals surface area (Å²) in [6.07, 6.45) is 7.55. The highest BCUT2D eigenvalue weighted by Crippen LogP contribution is 2.62. The van der Waals surface area contributed by atoms with Crippen LogP contribution >= 0.6 is 0 Å². The number of aliphatic hydroxyl groups excluding tert-OH is 1. The van der Waals surface area contributed by atoms with E-state index >= 15 is 0 Å². The molecule has 2 rings (SSSR count). The Morgan fingerprint density at radius 3 is 2.67 bits per heavy atom. The van der Waals surface area contributed by atoms with Gasteiger partial charge in [-0.05, 0) is 63.2 Å². The Bertz CT molecular complexity index is 561. The van der Waals surface area contributed by atoms with Gasteiger partial charge >= 0.3 is 5.97 Å². The van der Waals surface area contributed by atoms with Crippen LogP contribution in [0.2, 0.25) is 0 Å². The van der Waals surface area contributed by atoms with Crippen molar-refractivity contribution in [2.45, 2.75) is 59.0 Å². The summed E-state index contributed by atoms with van der Waals surface area (Å²) in [5.41, 5.74) is 1.62. The summed E-state index contributed by atoms with van der Waals surface area (Å²) in [6.45, 7) is 14.4. The zero-order valence-electron chi connectivity index (χ0n) is 15.6. The third-order valence-corrected chi connectivity index (χ3v) is 6.59. The van der Waals surface area contributed by atoms with E-state index in [-0.39, 0.29) is 23.2 Å². The van der Waals surface area contributed by atoms with Crippen molar-refractivity contribution in [1.29, 1.82) is 0 Å².